The van der Waals surface area contributed by atoms with Gasteiger partial charge in [-0.3, -0.25) is 4.79 Å². The van der Waals surface area contributed by atoms with Crippen molar-refractivity contribution in [1.82, 2.24) is 0 Å². The zero-order chi connectivity index (χ0) is 14.1. The summed E-state index contributed by atoms with van der Waals surface area (Å²) >= 11 is 0. The Bertz CT molecular complexity index is 688. The van der Waals surface area contributed by atoms with E-state index in [9.17, 15) is 9.18 Å². The van der Waals surface area contributed by atoms with Crippen molar-refractivity contribution in [2.45, 2.75) is 0 Å². The molecular formula is C14H11FN2O3. The molecule has 5 nitrogen and oxygen atoms in total. The lowest BCUT2D eigenvalue weighted by atomic mass is 10.1. The summed E-state index contributed by atoms with van der Waals surface area (Å²) in [6.07, 6.45) is 0. The number of halogens is 1. The van der Waals surface area contributed by atoms with E-state index in [1.165, 1.54) is 12.1 Å². The maximum absolute atomic E-state index is 13.2. The molecular weight excluding hydrogens is 263 g/mol. The highest BCUT2D eigenvalue weighted by atomic mass is 19.1. The smallest absolute Gasteiger partial charge is 0.257 e. The fourth-order valence-electron chi connectivity index (χ4n) is 1.90. The molecule has 0 atom stereocenters. The second kappa shape index (κ2) is 4.73. The summed E-state index contributed by atoms with van der Waals surface area (Å²) in [5, 5.41) is 2.63. The van der Waals surface area contributed by atoms with Gasteiger partial charge < -0.3 is 20.5 Å². The number of anilines is 2. The van der Waals surface area contributed by atoms with Crippen LogP contribution in [-0.2, 0) is 0 Å². The highest BCUT2D eigenvalue weighted by molar-refractivity contribution is 6.07. The van der Waals surface area contributed by atoms with Crippen LogP contribution in [0.2, 0.25) is 0 Å². The molecule has 2 aromatic rings. The zero-order valence-electron chi connectivity index (χ0n) is 10.4. The van der Waals surface area contributed by atoms with Crippen LogP contribution < -0.4 is 20.5 Å². The van der Waals surface area contributed by atoms with Crippen LogP contribution in [0.15, 0.2) is 36.4 Å². The average molecular weight is 274 g/mol. The number of rotatable bonds is 2. The van der Waals surface area contributed by atoms with Crippen LogP contribution in [-0.4, -0.2) is 12.7 Å². The van der Waals surface area contributed by atoms with Crippen molar-refractivity contribution in [2.24, 2.45) is 0 Å². The summed E-state index contributed by atoms with van der Waals surface area (Å²) in [6, 6.07) is 8.64. The Labute approximate surface area is 114 Å². The van der Waals surface area contributed by atoms with Gasteiger partial charge in [-0.25, -0.2) is 4.39 Å². The molecule has 102 valence electrons. The highest BCUT2D eigenvalue weighted by Crippen LogP contribution is 2.34. The third-order valence-corrected chi connectivity index (χ3v) is 2.89. The minimum Gasteiger partial charge on any atom is -0.454 e. The van der Waals surface area contributed by atoms with Crippen LogP contribution in [0.5, 0.6) is 11.5 Å². The van der Waals surface area contributed by atoms with E-state index in [2.05, 4.69) is 5.32 Å². The largest absolute Gasteiger partial charge is 0.454 e. The van der Waals surface area contributed by atoms with Gasteiger partial charge in [0.1, 0.15) is 5.82 Å². The van der Waals surface area contributed by atoms with Crippen LogP contribution in [0, 0.1) is 5.82 Å². The van der Waals surface area contributed by atoms with Gasteiger partial charge >= 0.3 is 0 Å². The number of nitrogens with one attached hydrogen (secondary N) is 1. The van der Waals surface area contributed by atoms with E-state index in [4.69, 9.17) is 15.2 Å². The third-order valence-electron chi connectivity index (χ3n) is 2.89. The molecule has 1 aliphatic rings. The van der Waals surface area contributed by atoms with Crippen molar-refractivity contribution in [2.75, 3.05) is 17.8 Å². The monoisotopic (exact) mass is 274 g/mol. The highest BCUT2D eigenvalue weighted by Gasteiger charge is 2.16. The molecule has 20 heavy (non-hydrogen) atoms. The summed E-state index contributed by atoms with van der Waals surface area (Å²) < 4.78 is 23.5. The first-order valence-electron chi connectivity index (χ1n) is 5.89. The minimum absolute atomic E-state index is 0.0858. The number of nitrogen functional groups attached to an aromatic ring is 1. The van der Waals surface area contributed by atoms with Crippen LogP contribution in [0.1, 0.15) is 10.4 Å². The predicted molar refractivity (Wildman–Crippen MR) is 71.3 cm³/mol. The van der Waals surface area contributed by atoms with E-state index < -0.39 is 11.7 Å². The number of benzene rings is 2. The van der Waals surface area contributed by atoms with Crippen molar-refractivity contribution in [1.29, 1.82) is 0 Å². The fraction of sp³-hybridized carbons (Fsp3) is 0.0714. The first-order valence-corrected chi connectivity index (χ1v) is 5.89. The summed E-state index contributed by atoms with van der Waals surface area (Å²) in [5.74, 6) is 0.166. The number of amides is 1. The van der Waals surface area contributed by atoms with E-state index in [0.29, 0.717) is 17.2 Å². The summed E-state index contributed by atoms with van der Waals surface area (Å²) in [6.45, 7) is 0.156. The maximum atomic E-state index is 13.2. The van der Waals surface area contributed by atoms with Gasteiger partial charge in [-0.05, 0) is 30.3 Å². The molecule has 6 heteroatoms. The first kappa shape index (κ1) is 12.3. The number of hydrogen-bond donors (Lipinski definition) is 2. The van der Waals surface area contributed by atoms with E-state index in [0.717, 1.165) is 6.07 Å². The normalized spacial score (nSPS) is 12.2. The molecule has 3 N–H and O–H groups in total. The fourth-order valence-corrected chi connectivity index (χ4v) is 1.90. The summed E-state index contributed by atoms with van der Waals surface area (Å²) in [5.41, 5.74) is 6.48. The molecule has 0 radical (unpaired) electrons. The minimum atomic E-state index is -0.518. The van der Waals surface area contributed by atoms with Gasteiger partial charge in [0.2, 0.25) is 6.79 Å². The number of ether oxygens (including phenoxy) is 2. The van der Waals surface area contributed by atoms with Crippen molar-refractivity contribution in [3.05, 3.63) is 47.8 Å². The van der Waals surface area contributed by atoms with Crippen molar-refractivity contribution < 1.29 is 18.7 Å². The van der Waals surface area contributed by atoms with E-state index in [1.54, 1.807) is 18.2 Å². The maximum Gasteiger partial charge on any atom is 0.257 e. The van der Waals surface area contributed by atoms with Crippen LogP contribution in [0.3, 0.4) is 0 Å². The quantitative estimate of drug-likeness (QED) is 0.825. The molecule has 0 fully saturated rings. The lowest BCUT2D eigenvalue weighted by molar-refractivity contribution is 0.102. The topological polar surface area (TPSA) is 73.6 Å². The summed E-state index contributed by atoms with van der Waals surface area (Å²) in [7, 11) is 0. The van der Waals surface area contributed by atoms with Crippen LogP contribution in [0.4, 0.5) is 15.8 Å². The molecule has 0 bridgehead atoms. The zero-order valence-corrected chi connectivity index (χ0v) is 10.4. The lowest BCUT2D eigenvalue weighted by Gasteiger charge is -2.08. The summed E-state index contributed by atoms with van der Waals surface area (Å²) in [4.78, 5) is 12.1. The molecule has 0 aromatic heterocycles. The van der Waals surface area contributed by atoms with Crippen molar-refractivity contribution >= 4 is 17.3 Å². The molecule has 2 aromatic carbocycles. The molecule has 0 aliphatic carbocycles. The van der Waals surface area contributed by atoms with Crippen LogP contribution >= 0.6 is 0 Å². The Kier molecular flexibility index (Phi) is 2.90. The molecule has 3 rings (SSSR count). The van der Waals surface area contributed by atoms with Gasteiger partial charge in [0.15, 0.2) is 11.5 Å². The van der Waals surface area contributed by atoms with Crippen molar-refractivity contribution in [3.8, 4) is 11.5 Å². The van der Waals surface area contributed by atoms with Crippen LogP contribution in [0.25, 0.3) is 0 Å². The Morgan fingerprint density at radius 2 is 1.95 bits per heavy atom. The van der Waals surface area contributed by atoms with Gasteiger partial charge in [0.25, 0.3) is 5.91 Å². The van der Waals surface area contributed by atoms with Gasteiger partial charge in [-0.1, -0.05) is 0 Å². The molecule has 0 spiro atoms. The lowest BCUT2D eigenvalue weighted by Crippen LogP contribution is -2.14. The Balaban J connectivity index is 1.84. The second-order valence-electron chi connectivity index (χ2n) is 4.25. The number of hydrogen-bond acceptors (Lipinski definition) is 4. The molecule has 1 amide bonds. The molecule has 0 saturated heterocycles. The number of nitrogens with two attached hydrogens (primary N) is 1. The van der Waals surface area contributed by atoms with E-state index >= 15 is 0 Å². The van der Waals surface area contributed by atoms with Crippen molar-refractivity contribution in [3.63, 3.8) is 0 Å². The Morgan fingerprint density at radius 3 is 2.80 bits per heavy atom. The van der Waals surface area contributed by atoms with Gasteiger partial charge in [-0.15, -0.1) is 0 Å². The molecule has 1 heterocycles. The van der Waals surface area contributed by atoms with Gasteiger partial charge in [-0.2, -0.15) is 0 Å². The predicted octanol–water partition coefficient (Wildman–Crippen LogP) is 2.39. The van der Waals surface area contributed by atoms with E-state index in [-0.39, 0.29) is 18.0 Å². The molecule has 1 aliphatic heterocycles. The SMILES string of the molecule is Nc1ccc(F)cc1C(=O)Nc1ccc2c(c1)OCO2. The second-order valence-corrected chi connectivity index (χ2v) is 4.25. The number of carbonyl (C=O) groups excluding carboxylic acids is 1. The molecule has 0 saturated carbocycles. The Hall–Kier alpha value is -2.76. The van der Waals surface area contributed by atoms with Gasteiger partial charge in [0, 0.05) is 17.4 Å². The standard InChI is InChI=1S/C14H11FN2O3/c15-8-1-3-11(16)10(5-8)14(18)17-9-2-4-12-13(6-9)20-7-19-12/h1-6H,7,16H2,(H,17,18). The average Bonchev–Trinajstić information content (AvgIpc) is 2.89. The first-order chi connectivity index (χ1) is 9.63. The number of fused-ring (bicyclic) bond motifs is 1. The van der Waals surface area contributed by atoms with Gasteiger partial charge in [0.05, 0.1) is 5.56 Å². The Morgan fingerprint density at radius 1 is 1.15 bits per heavy atom. The van der Waals surface area contributed by atoms with E-state index in [1.807, 2.05) is 0 Å². The molecule has 0 unspecified atom stereocenters. The third kappa shape index (κ3) is 2.23. The number of carbonyl (C=O) groups is 1.